The average Bonchev–Trinajstić information content (AvgIpc) is 2.61. The van der Waals surface area contributed by atoms with Crippen LogP contribution >= 0.6 is 0 Å². The SMILES string of the molecule is CCN(CC)c1ccc(C=Cc2ccc(NCC(=O)O)cc2)cc1. The van der Waals surface area contributed by atoms with Gasteiger partial charge in [0.15, 0.2) is 0 Å². The Labute approximate surface area is 143 Å². The van der Waals surface area contributed by atoms with E-state index in [2.05, 4.69) is 54.4 Å². The highest BCUT2D eigenvalue weighted by Crippen LogP contribution is 2.17. The van der Waals surface area contributed by atoms with Crippen LogP contribution in [-0.2, 0) is 4.79 Å². The third kappa shape index (κ3) is 5.16. The number of rotatable bonds is 8. The Morgan fingerprint density at radius 2 is 1.46 bits per heavy atom. The van der Waals surface area contributed by atoms with Crippen molar-refractivity contribution in [1.82, 2.24) is 0 Å². The van der Waals surface area contributed by atoms with E-state index < -0.39 is 5.97 Å². The molecule has 0 unspecified atom stereocenters. The molecule has 126 valence electrons. The molecule has 0 amide bonds. The maximum absolute atomic E-state index is 10.5. The average molecular weight is 324 g/mol. The second-order valence-corrected chi connectivity index (χ2v) is 5.47. The molecule has 0 fully saturated rings. The fourth-order valence-electron chi connectivity index (χ4n) is 2.47. The predicted octanol–water partition coefficient (Wildman–Crippen LogP) is 4.20. The summed E-state index contributed by atoms with van der Waals surface area (Å²) in [7, 11) is 0. The van der Waals surface area contributed by atoms with Gasteiger partial charge in [0.05, 0.1) is 0 Å². The lowest BCUT2D eigenvalue weighted by molar-refractivity contribution is -0.134. The molecular weight excluding hydrogens is 300 g/mol. The Balaban J connectivity index is 1.98. The molecule has 4 nitrogen and oxygen atoms in total. The molecule has 0 heterocycles. The molecule has 0 aliphatic carbocycles. The van der Waals surface area contributed by atoms with Gasteiger partial charge in [-0.15, -0.1) is 0 Å². The van der Waals surface area contributed by atoms with Gasteiger partial charge in [0.2, 0.25) is 0 Å². The lowest BCUT2D eigenvalue weighted by Gasteiger charge is -2.20. The lowest BCUT2D eigenvalue weighted by Crippen LogP contribution is -2.21. The normalized spacial score (nSPS) is 10.8. The number of anilines is 2. The number of hydrogen-bond acceptors (Lipinski definition) is 3. The fourth-order valence-corrected chi connectivity index (χ4v) is 2.47. The topological polar surface area (TPSA) is 52.6 Å². The van der Waals surface area contributed by atoms with Crippen molar-refractivity contribution in [2.45, 2.75) is 13.8 Å². The zero-order valence-electron chi connectivity index (χ0n) is 14.2. The van der Waals surface area contributed by atoms with Crippen molar-refractivity contribution < 1.29 is 9.90 Å². The van der Waals surface area contributed by atoms with Crippen LogP contribution < -0.4 is 10.2 Å². The van der Waals surface area contributed by atoms with Gasteiger partial charge < -0.3 is 15.3 Å². The molecule has 0 aliphatic heterocycles. The zero-order valence-corrected chi connectivity index (χ0v) is 14.2. The van der Waals surface area contributed by atoms with Gasteiger partial charge in [-0.1, -0.05) is 36.4 Å². The van der Waals surface area contributed by atoms with Crippen molar-refractivity contribution in [2.24, 2.45) is 0 Å². The fraction of sp³-hybridized carbons (Fsp3) is 0.250. The number of aliphatic carboxylic acids is 1. The van der Waals surface area contributed by atoms with E-state index in [4.69, 9.17) is 5.11 Å². The Kier molecular flexibility index (Phi) is 6.43. The molecule has 2 N–H and O–H groups in total. The molecule has 0 atom stereocenters. The van der Waals surface area contributed by atoms with E-state index in [9.17, 15) is 4.79 Å². The van der Waals surface area contributed by atoms with E-state index in [0.29, 0.717) is 0 Å². The molecule has 4 heteroatoms. The highest BCUT2D eigenvalue weighted by Gasteiger charge is 2.00. The quantitative estimate of drug-likeness (QED) is 0.715. The number of carboxylic acid groups (broad SMARTS) is 1. The molecule has 0 saturated heterocycles. The van der Waals surface area contributed by atoms with Gasteiger partial charge in [-0.2, -0.15) is 0 Å². The Morgan fingerprint density at radius 1 is 0.958 bits per heavy atom. The van der Waals surface area contributed by atoms with Crippen molar-refractivity contribution in [3.8, 4) is 0 Å². The summed E-state index contributed by atoms with van der Waals surface area (Å²) in [4.78, 5) is 12.8. The molecule has 0 spiro atoms. The molecule has 2 aromatic carbocycles. The van der Waals surface area contributed by atoms with Crippen LogP contribution in [0.1, 0.15) is 25.0 Å². The van der Waals surface area contributed by atoms with E-state index >= 15 is 0 Å². The Morgan fingerprint density at radius 3 is 1.92 bits per heavy atom. The Hall–Kier alpha value is -2.75. The summed E-state index contributed by atoms with van der Waals surface area (Å²) in [6, 6.07) is 16.2. The van der Waals surface area contributed by atoms with E-state index in [0.717, 1.165) is 29.9 Å². The molecule has 0 aromatic heterocycles. The summed E-state index contributed by atoms with van der Waals surface area (Å²) in [6.45, 7) is 6.26. The van der Waals surface area contributed by atoms with Crippen LogP contribution in [-0.4, -0.2) is 30.7 Å². The van der Waals surface area contributed by atoms with E-state index in [1.54, 1.807) is 0 Å². The van der Waals surface area contributed by atoms with Gasteiger partial charge in [-0.25, -0.2) is 0 Å². The maximum atomic E-state index is 10.5. The number of hydrogen-bond donors (Lipinski definition) is 2. The van der Waals surface area contributed by atoms with Gasteiger partial charge in [0, 0.05) is 24.5 Å². The number of carbonyl (C=O) groups is 1. The number of benzene rings is 2. The summed E-state index contributed by atoms with van der Waals surface area (Å²) in [5.74, 6) is -0.868. The first-order valence-electron chi connectivity index (χ1n) is 8.21. The van der Waals surface area contributed by atoms with Gasteiger partial charge >= 0.3 is 5.97 Å². The lowest BCUT2D eigenvalue weighted by atomic mass is 10.1. The molecule has 0 saturated carbocycles. The first-order chi connectivity index (χ1) is 11.6. The van der Waals surface area contributed by atoms with E-state index in [-0.39, 0.29) is 6.54 Å². The number of carboxylic acids is 1. The molecule has 2 rings (SSSR count). The Bertz CT molecular complexity index is 672. The van der Waals surface area contributed by atoms with Crippen molar-refractivity contribution in [2.75, 3.05) is 29.9 Å². The highest BCUT2D eigenvalue weighted by molar-refractivity contribution is 5.74. The van der Waals surface area contributed by atoms with Crippen LogP contribution in [0.5, 0.6) is 0 Å². The zero-order chi connectivity index (χ0) is 17.4. The first kappa shape index (κ1) is 17.6. The standard InChI is InChI=1S/C20H24N2O2/c1-3-22(4-2)19-13-9-17(10-14-19)6-5-16-7-11-18(12-8-16)21-15-20(23)24/h5-14,21H,3-4,15H2,1-2H3,(H,23,24). The second kappa shape index (κ2) is 8.77. The van der Waals surface area contributed by atoms with Crippen molar-refractivity contribution in [3.63, 3.8) is 0 Å². The molecule has 2 aromatic rings. The van der Waals surface area contributed by atoms with E-state index in [1.165, 1.54) is 5.69 Å². The van der Waals surface area contributed by atoms with Crippen LogP contribution in [0.15, 0.2) is 48.5 Å². The minimum Gasteiger partial charge on any atom is -0.480 e. The van der Waals surface area contributed by atoms with Crippen LogP contribution in [0, 0.1) is 0 Å². The maximum Gasteiger partial charge on any atom is 0.322 e. The second-order valence-electron chi connectivity index (χ2n) is 5.47. The molecule has 0 radical (unpaired) electrons. The summed E-state index contributed by atoms with van der Waals surface area (Å²) in [5, 5.41) is 11.5. The smallest absolute Gasteiger partial charge is 0.322 e. The molecular formula is C20H24N2O2. The summed E-state index contributed by atoms with van der Waals surface area (Å²) < 4.78 is 0. The van der Waals surface area contributed by atoms with Gasteiger partial charge in [-0.05, 0) is 49.2 Å². The summed E-state index contributed by atoms with van der Waals surface area (Å²) in [6.07, 6.45) is 4.12. The minimum atomic E-state index is -0.868. The third-order valence-corrected chi connectivity index (χ3v) is 3.84. The summed E-state index contributed by atoms with van der Waals surface area (Å²) >= 11 is 0. The minimum absolute atomic E-state index is 0.0753. The van der Waals surface area contributed by atoms with Crippen molar-refractivity contribution >= 4 is 29.5 Å². The van der Waals surface area contributed by atoms with E-state index in [1.807, 2.05) is 30.3 Å². The van der Waals surface area contributed by atoms with Crippen molar-refractivity contribution in [1.29, 1.82) is 0 Å². The molecule has 24 heavy (non-hydrogen) atoms. The van der Waals surface area contributed by atoms with Gasteiger partial charge in [0.25, 0.3) is 0 Å². The summed E-state index contributed by atoms with van der Waals surface area (Å²) in [5.41, 5.74) is 4.27. The van der Waals surface area contributed by atoms with Gasteiger partial charge in [0.1, 0.15) is 6.54 Å². The van der Waals surface area contributed by atoms with Crippen LogP contribution in [0.3, 0.4) is 0 Å². The number of nitrogens with one attached hydrogen (secondary N) is 1. The van der Waals surface area contributed by atoms with Crippen LogP contribution in [0.2, 0.25) is 0 Å². The number of nitrogens with zero attached hydrogens (tertiary/aromatic N) is 1. The molecule has 0 aliphatic rings. The van der Waals surface area contributed by atoms with Crippen LogP contribution in [0.4, 0.5) is 11.4 Å². The largest absolute Gasteiger partial charge is 0.480 e. The van der Waals surface area contributed by atoms with Crippen LogP contribution in [0.25, 0.3) is 12.2 Å². The third-order valence-electron chi connectivity index (χ3n) is 3.84. The predicted molar refractivity (Wildman–Crippen MR) is 101 cm³/mol. The monoisotopic (exact) mass is 324 g/mol. The van der Waals surface area contributed by atoms with Crippen molar-refractivity contribution in [3.05, 3.63) is 59.7 Å². The highest BCUT2D eigenvalue weighted by atomic mass is 16.4. The van der Waals surface area contributed by atoms with Gasteiger partial charge in [-0.3, -0.25) is 4.79 Å². The molecule has 0 bridgehead atoms. The first-order valence-corrected chi connectivity index (χ1v) is 8.21.